The number of aromatic nitrogens is 3. The van der Waals surface area contributed by atoms with E-state index in [4.69, 9.17) is 0 Å². The largest absolute Gasteiger partial charge is 0.347 e. The van der Waals surface area contributed by atoms with E-state index in [1.165, 1.54) is 12.1 Å². The highest BCUT2D eigenvalue weighted by Crippen LogP contribution is 2.24. The zero-order valence-electron chi connectivity index (χ0n) is 16.8. The van der Waals surface area contributed by atoms with E-state index in [1.54, 1.807) is 35.3 Å². The molecule has 2 heterocycles. The van der Waals surface area contributed by atoms with Gasteiger partial charge < -0.3 is 5.32 Å². The third-order valence-electron chi connectivity index (χ3n) is 4.86. The van der Waals surface area contributed by atoms with Gasteiger partial charge in [0.05, 0.1) is 11.4 Å². The number of rotatable bonds is 5. The lowest BCUT2D eigenvalue weighted by Crippen LogP contribution is -2.25. The molecule has 0 saturated carbocycles. The Morgan fingerprint density at radius 2 is 1.73 bits per heavy atom. The van der Waals surface area contributed by atoms with Gasteiger partial charge in [-0.05, 0) is 73.5 Å². The number of aryl methyl sites for hydroxylation is 2. The van der Waals surface area contributed by atoms with Crippen molar-refractivity contribution in [3.8, 4) is 16.9 Å². The van der Waals surface area contributed by atoms with Gasteiger partial charge >= 0.3 is 0 Å². The van der Waals surface area contributed by atoms with Crippen LogP contribution in [0.4, 0.5) is 4.39 Å². The number of nitrogens with one attached hydrogen (secondary N) is 1. The van der Waals surface area contributed by atoms with Crippen LogP contribution in [0, 0.1) is 19.7 Å². The Bertz CT molecular complexity index is 1180. The van der Waals surface area contributed by atoms with Crippen LogP contribution in [0.1, 0.15) is 27.2 Å². The molecule has 150 valence electrons. The SMILES string of the molecule is Cc1ccc(-n2nc(-c3ccc(F)cc3)cc2C(=O)NCc2ccncc2)c(C)c1. The lowest BCUT2D eigenvalue weighted by molar-refractivity contribution is 0.0943. The van der Waals surface area contributed by atoms with Crippen LogP contribution in [0.25, 0.3) is 16.9 Å². The maximum atomic E-state index is 13.3. The summed E-state index contributed by atoms with van der Waals surface area (Å²) in [6.45, 7) is 4.39. The van der Waals surface area contributed by atoms with Crippen LogP contribution in [-0.4, -0.2) is 20.7 Å². The fourth-order valence-corrected chi connectivity index (χ4v) is 3.30. The minimum Gasteiger partial charge on any atom is -0.347 e. The van der Waals surface area contributed by atoms with Crippen LogP contribution in [0.2, 0.25) is 0 Å². The average Bonchev–Trinajstić information content (AvgIpc) is 3.18. The minimum absolute atomic E-state index is 0.243. The summed E-state index contributed by atoms with van der Waals surface area (Å²) in [4.78, 5) is 17.0. The minimum atomic E-state index is -0.317. The average molecular weight is 400 g/mol. The summed E-state index contributed by atoms with van der Waals surface area (Å²) >= 11 is 0. The molecule has 0 atom stereocenters. The van der Waals surface area contributed by atoms with E-state index >= 15 is 0 Å². The monoisotopic (exact) mass is 400 g/mol. The molecule has 0 aliphatic rings. The van der Waals surface area contributed by atoms with Crippen molar-refractivity contribution in [3.63, 3.8) is 0 Å². The van der Waals surface area contributed by atoms with E-state index in [-0.39, 0.29) is 11.7 Å². The maximum Gasteiger partial charge on any atom is 0.270 e. The zero-order valence-corrected chi connectivity index (χ0v) is 16.8. The van der Waals surface area contributed by atoms with E-state index in [1.807, 2.05) is 44.2 Å². The molecule has 5 nitrogen and oxygen atoms in total. The second kappa shape index (κ2) is 8.29. The summed E-state index contributed by atoms with van der Waals surface area (Å²) in [5.74, 6) is -0.560. The fourth-order valence-electron chi connectivity index (χ4n) is 3.30. The van der Waals surface area contributed by atoms with Crippen molar-refractivity contribution in [1.29, 1.82) is 0 Å². The van der Waals surface area contributed by atoms with Gasteiger partial charge in [-0.25, -0.2) is 9.07 Å². The lowest BCUT2D eigenvalue weighted by Gasteiger charge is -2.11. The number of carbonyl (C=O) groups excluding carboxylic acids is 1. The molecule has 30 heavy (non-hydrogen) atoms. The topological polar surface area (TPSA) is 59.8 Å². The highest BCUT2D eigenvalue weighted by Gasteiger charge is 2.19. The van der Waals surface area contributed by atoms with Gasteiger partial charge in [-0.15, -0.1) is 0 Å². The second-order valence-electron chi connectivity index (χ2n) is 7.16. The third-order valence-corrected chi connectivity index (χ3v) is 4.86. The number of carbonyl (C=O) groups is 1. The van der Waals surface area contributed by atoms with Crippen LogP contribution in [0.15, 0.2) is 73.1 Å². The predicted molar refractivity (Wildman–Crippen MR) is 114 cm³/mol. The van der Waals surface area contributed by atoms with Gasteiger partial charge in [-0.2, -0.15) is 5.10 Å². The first-order valence-electron chi connectivity index (χ1n) is 9.62. The molecule has 0 fully saturated rings. The molecule has 1 N–H and O–H groups in total. The van der Waals surface area contributed by atoms with Gasteiger partial charge in [-0.3, -0.25) is 9.78 Å². The van der Waals surface area contributed by atoms with E-state index in [9.17, 15) is 9.18 Å². The van der Waals surface area contributed by atoms with Gasteiger partial charge in [0.2, 0.25) is 0 Å². The van der Waals surface area contributed by atoms with Gasteiger partial charge in [0, 0.05) is 24.5 Å². The Balaban J connectivity index is 1.73. The Kier molecular flexibility index (Phi) is 5.39. The molecule has 0 saturated heterocycles. The Labute approximate surface area is 174 Å². The molecule has 2 aromatic heterocycles. The van der Waals surface area contributed by atoms with Crippen molar-refractivity contribution in [2.45, 2.75) is 20.4 Å². The van der Waals surface area contributed by atoms with Crippen LogP contribution in [0.5, 0.6) is 0 Å². The molecule has 4 aromatic rings. The number of halogens is 1. The standard InChI is InChI=1S/C24H21FN4O/c1-16-3-8-22(17(2)13-16)29-23(24(30)27-15-18-9-11-26-12-10-18)14-21(28-29)19-4-6-20(25)7-5-19/h3-14H,15H2,1-2H3,(H,27,30). The molecule has 0 aliphatic heterocycles. The summed E-state index contributed by atoms with van der Waals surface area (Å²) in [5.41, 5.74) is 5.66. The smallest absolute Gasteiger partial charge is 0.270 e. The van der Waals surface area contributed by atoms with Crippen LogP contribution in [0.3, 0.4) is 0 Å². The first-order valence-corrected chi connectivity index (χ1v) is 9.62. The normalized spacial score (nSPS) is 10.8. The number of hydrogen-bond acceptors (Lipinski definition) is 3. The van der Waals surface area contributed by atoms with Crippen LogP contribution in [-0.2, 0) is 6.54 Å². The Hall–Kier alpha value is -3.80. The molecule has 4 rings (SSSR count). The Morgan fingerprint density at radius 1 is 1.00 bits per heavy atom. The summed E-state index contributed by atoms with van der Waals surface area (Å²) in [6, 6.07) is 17.5. The van der Waals surface area contributed by atoms with Crippen molar-refractivity contribution >= 4 is 5.91 Å². The molecule has 0 spiro atoms. The molecular formula is C24H21FN4O. The second-order valence-corrected chi connectivity index (χ2v) is 7.16. The lowest BCUT2D eigenvalue weighted by atomic mass is 10.1. The third kappa shape index (κ3) is 4.12. The van der Waals surface area contributed by atoms with Gasteiger partial charge in [-0.1, -0.05) is 17.7 Å². The summed E-state index contributed by atoms with van der Waals surface area (Å²) in [7, 11) is 0. The van der Waals surface area contributed by atoms with E-state index in [0.717, 1.165) is 27.9 Å². The zero-order chi connectivity index (χ0) is 21.1. The fraction of sp³-hybridized carbons (Fsp3) is 0.125. The molecule has 2 aromatic carbocycles. The van der Waals surface area contributed by atoms with Gasteiger partial charge in [0.15, 0.2) is 0 Å². The molecule has 0 unspecified atom stereocenters. The maximum absolute atomic E-state index is 13.3. The number of amides is 1. The molecule has 0 bridgehead atoms. The van der Waals surface area contributed by atoms with E-state index < -0.39 is 0 Å². The Morgan fingerprint density at radius 3 is 2.43 bits per heavy atom. The number of benzene rings is 2. The van der Waals surface area contributed by atoms with Gasteiger partial charge in [0.25, 0.3) is 5.91 Å². The van der Waals surface area contributed by atoms with Crippen molar-refractivity contribution in [2.75, 3.05) is 0 Å². The molecule has 0 aliphatic carbocycles. The van der Waals surface area contributed by atoms with Crippen LogP contribution >= 0.6 is 0 Å². The molecule has 1 amide bonds. The van der Waals surface area contributed by atoms with Crippen molar-refractivity contribution in [1.82, 2.24) is 20.1 Å². The predicted octanol–water partition coefficient (Wildman–Crippen LogP) is 4.62. The number of nitrogens with zero attached hydrogens (tertiary/aromatic N) is 3. The van der Waals surface area contributed by atoms with Crippen LogP contribution < -0.4 is 5.32 Å². The highest BCUT2D eigenvalue weighted by molar-refractivity contribution is 5.94. The number of hydrogen-bond donors (Lipinski definition) is 1. The van der Waals surface area contributed by atoms with Crippen molar-refractivity contribution in [2.24, 2.45) is 0 Å². The summed E-state index contributed by atoms with van der Waals surface area (Å²) < 4.78 is 15.0. The van der Waals surface area contributed by atoms with E-state index in [0.29, 0.717) is 17.9 Å². The quantitative estimate of drug-likeness (QED) is 0.532. The molecule has 0 radical (unpaired) electrons. The molecular weight excluding hydrogens is 379 g/mol. The first-order chi connectivity index (χ1) is 14.5. The van der Waals surface area contributed by atoms with E-state index in [2.05, 4.69) is 15.4 Å². The van der Waals surface area contributed by atoms with Crippen molar-refractivity contribution in [3.05, 3.63) is 101 Å². The van der Waals surface area contributed by atoms with Crippen molar-refractivity contribution < 1.29 is 9.18 Å². The molecule has 6 heteroatoms. The number of pyridine rings is 1. The first kappa shape index (κ1) is 19.5. The summed E-state index contributed by atoms with van der Waals surface area (Å²) in [6.07, 6.45) is 3.38. The summed E-state index contributed by atoms with van der Waals surface area (Å²) in [5, 5.41) is 7.61. The van der Waals surface area contributed by atoms with Gasteiger partial charge in [0.1, 0.15) is 11.5 Å². The highest BCUT2D eigenvalue weighted by atomic mass is 19.1.